The maximum absolute atomic E-state index is 12.7. The van der Waals surface area contributed by atoms with Crippen molar-refractivity contribution >= 4 is 23.4 Å². The summed E-state index contributed by atoms with van der Waals surface area (Å²) in [6, 6.07) is 13.2. The molecule has 0 radical (unpaired) electrons. The number of hydrogen-bond donors (Lipinski definition) is 1. The van der Waals surface area contributed by atoms with Crippen molar-refractivity contribution in [3.05, 3.63) is 53.9 Å². The number of anilines is 1. The molecule has 1 atom stereocenters. The van der Waals surface area contributed by atoms with Gasteiger partial charge in [0.1, 0.15) is 5.75 Å². The van der Waals surface area contributed by atoms with Gasteiger partial charge in [0.25, 0.3) is 0 Å². The number of rotatable bonds is 11. The fourth-order valence-corrected chi connectivity index (χ4v) is 4.19. The van der Waals surface area contributed by atoms with Crippen LogP contribution in [0.4, 0.5) is 5.69 Å². The molecule has 34 heavy (non-hydrogen) atoms. The minimum Gasteiger partial charge on any atom is -0.495 e. The Morgan fingerprint density at radius 1 is 1.03 bits per heavy atom. The zero-order valence-corrected chi connectivity index (χ0v) is 21.3. The number of ether oxygens (including phenoxy) is 3. The third-order valence-electron chi connectivity index (χ3n) is 4.99. The van der Waals surface area contributed by atoms with Crippen molar-refractivity contribution in [2.24, 2.45) is 5.92 Å². The number of benzene rings is 2. The van der Waals surface area contributed by atoms with Gasteiger partial charge in [-0.25, -0.2) is 0 Å². The SMILES string of the molecule is COc1ccc(C)cc1NC(=O)CSc1nnc(C(C)Oc2ccccc2OC)n1CC(C)C. The minimum absolute atomic E-state index is 0.145. The second-order valence-electron chi connectivity index (χ2n) is 8.30. The molecule has 1 unspecified atom stereocenters. The van der Waals surface area contributed by atoms with E-state index in [0.717, 1.165) is 5.56 Å². The van der Waals surface area contributed by atoms with E-state index in [9.17, 15) is 4.79 Å². The molecule has 9 heteroatoms. The summed E-state index contributed by atoms with van der Waals surface area (Å²) in [4.78, 5) is 12.7. The number of aryl methyl sites for hydroxylation is 1. The normalized spacial score (nSPS) is 11.9. The van der Waals surface area contributed by atoms with Gasteiger partial charge in [-0.3, -0.25) is 4.79 Å². The van der Waals surface area contributed by atoms with Gasteiger partial charge in [-0.15, -0.1) is 10.2 Å². The Kier molecular flexibility index (Phi) is 8.81. The summed E-state index contributed by atoms with van der Waals surface area (Å²) < 4.78 is 18.9. The molecule has 0 aliphatic rings. The molecule has 1 amide bonds. The zero-order valence-electron chi connectivity index (χ0n) is 20.5. The first-order valence-corrected chi connectivity index (χ1v) is 12.1. The Hall–Kier alpha value is -3.20. The Morgan fingerprint density at radius 2 is 1.74 bits per heavy atom. The van der Waals surface area contributed by atoms with E-state index in [1.54, 1.807) is 14.2 Å². The summed E-state index contributed by atoms with van der Waals surface area (Å²) in [6.07, 6.45) is -0.359. The monoisotopic (exact) mass is 484 g/mol. The van der Waals surface area contributed by atoms with Crippen molar-refractivity contribution in [1.29, 1.82) is 0 Å². The molecule has 0 saturated carbocycles. The predicted octanol–water partition coefficient (Wildman–Crippen LogP) is 5.13. The molecule has 0 spiro atoms. The second kappa shape index (κ2) is 11.8. The molecular formula is C25H32N4O4S. The molecule has 1 N–H and O–H groups in total. The number of aromatic nitrogens is 3. The summed E-state index contributed by atoms with van der Waals surface area (Å²) in [6.45, 7) is 8.85. The van der Waals surface area contributed by atoms with Crippen LogP contribution in [0.15, 0.2) is 47.6 Å². The van der Waals surface area contributed by atoms with Gasteiger partial charge in [-0.1, -0.05) is 43.8 Å². The lowest BCUT2D eigenvalue weighted by molar-refractivity contribution is -0.113. The molecule has 1 heterocycles. The fraction of sp³-hybridized carbons (Fsp3) is 0.400. The molecule has 3 aromatic rings. The molecule has 0 fully saturated rings. The van der Waals surface area contributed by atoms with E-state index in [0.29, 0.717) is 46.4 Å². The fourth-order valence-electron chi connectivity index (χ4n) is 3.44. The first-order valence-electron chi connectivity index (χ1n) is 11.1. The van der Waals surface area contributed by atoms with E-state index >= 15 is 0 Å². The maximum Gasteiger partial charge on any atom is 0.234 e. The number of hydrogen-bond acceptors (Lipinski definition) is 7. The van der Waals surface area contributed by atoms with E-state index in [1.807, 2.05) is 60.9 Å². The van der Waals surface area contributed by atoms with Crippen LogP contribution in [-0.2, 0) is 11.3 Å². The quantitative estimate of drug-likeness (QED) is 0.378. The van der Waals surface area contributed by atoms with Crippen molar-refractivity contribution in [3.63, 3.8) is 0 Å². The van der Waals surface area contributed by atoms with Gasteiger partial charge in [0, 0.05) is 6.54 Å². The molecule has 0 aliphatic carbocycles. The van der Waals surface area contributed by atoms with E-state index < -0.39 is 0 Å². The van der Waals surface area contributed by atoms with Crippen molar-refractivity contribution in [2.75, 3.05) is 25.3 Å². The molecule has 2 aromatic carbocycles. The summed E-state index contributed by atoms with van der Waals surface area (Å²) in [5, 5.41) is 12.4. The van der Waals surface area contributed by atoms with E-state index in [4.69, 9.17) is 14.2 Å². The standard InChI is InChI=1S/C25H32N4O4S/c1-16(2)14-29-24(18(4)33-22-10-8-7-9-21(22)32-6)27-28-25(29)34-15-23(30)26-19-13-17(3)11-12-20(19)31-5/h7-13,16,18H,14-15H2,1-6H3,(H,26,30). The number of carbonyl (C=O) groups is 1. The average Bonchev–Trinajstić information content (AvgIpc) is 3.20. The largest absolute Gasteiger partial charge is 0.495 e. The van der Waals surface area contributed by atoms with E-state index in [-0.39, 0.29) is 17.8 Å². The molecule has 0 aliphatic heterocycles. The average molecular weight is 485 g/mol. The highest BCUT2D eigenvalue weighted by Crippen LogP contribution is 2.32. The Morgan fingerprint density at radius 3 is 2.41 bits per heavy atom. The summed E-state index contributed by atoms with van der Waals surface area (Å²) in [5.74, 6) is 3.01. The molecular weight excluding hydrogens is 452 g/mol. The molecule has 0 saturated heterocycles. The topological polar surface area (TPSA) is 87.5 Å². The van der Waals surface area contributed by atoms with Crippen LogP contribution in [0.2, 0.25) is 0 Å². The van der Waals surface area contributed by atoms with Crippen LogP contribution >= 0.6 is 11.8 Å². The van der Waals surface area contributed by atoms with Crippen LogP contribution in [0.25, 0.3) is 0 Å². The molecule has 0 bridgehead atoms. The van der Waals surface area contributed by atoms with Gasteiger partial charge in [0.15, 0.2) is 28.6 Å². The van der Waals surface area contributed by atoms with Crippen molar-refractivity contribution < 1.29 is 19.0 Å². The summed E-state index contributed by atoms with van der Waals surface area (Å²) >= 11 is 1.34. The van der Waals surface area contributed by atoms with E-state index in [1.165, 1.54) is 11.8 Å². The maximum atomic E-state index is 12.7. The van der Waals surface area contributed by atoms with Crippen LogP contribution in [0, 0.1) is 12.8 Å². The number of para-hydroxylation sites is 2. The smallest absolute Gasteiger partial charge is 0.234 e. The number of nitrogens with zero attached hydrogens (tertiary/aromatic N) is 3. The highest BCUT2D eigenvalue weighted by molar-refractivity contribution is 7.99. The first kappa shape index (κ1) is 25.4. The van der Waals surface area contributed by atoms with Crippen molar-refractivity contribution in [1.82, 2.24) is 14.8 Å². The molecule has 3 rings (SSSR count). The third-order valence-corrected chi connectivity index (χ3v) is 5.96. The van der Waals surface area contributed by atoms with Crippen LogP contribution in [0.3, 0.4) is 0 Å². The Labute approximate surface area is 205 Å². The third kappa shape index (κ3) is 6.44. The first-order chi connectivity index (χ1) is 16.3. The number of nitrogens with one attached hydrogen (secondary N) is 1. The van der Waals surface area contributed by atoms with Gasteiger partial charge < -0.3 is 24.1 Å². The van der Waals surface area contributed by atoms with Crippen LogP contribution in [-0.4, -0.2) is 40.6 Å². The van der Waals surface area contributed by atoms with Gasteiger partial charge in [-0.05, 0) is 49.6 Å². The number of carbonyl (C=O) groups excluding carboxylic acids is 1. The van der Waals surface area contributed by atoms with Crippen LogP contribution < -0.4 is 19.5 Å². The van der Waals surface area contributed by atoms with Gasteiger partial charge in [-0.2, -0.15) is 0 Å². The summed E-state index contributed by atoms with van der Waals surface area (Å²) in [7, 11) is 3.19. The van der Waals surface area contributed by atoms with Crippen LogP contribution in [0.5, 0.6) is 17.2 Å². The Balaban J connectivity index is 1.73. The van der Waals surface area contributed by atoms with Gasteiger partial charge in [0.2, 0.25) is 5.91 Å². The molecule has 1 aromatic heterocycles. The highest BCUT2D eigenvalue weighted by Gasteiger charge is 2.22. The second-order valence-corrected chi connectivity index (χ2v) is 9.24. The predicted molar refractivity (Wildman–Crippen MR) is 134 cm³/mol. The number of amides is 1. The van der Waals surface area contributed by atoms with Crippen molar-refractivity contribution in [2.45, 2.75) is 45.5 Å². The molecule has 8 nitrogen and oxygen atoms in total. The minimum atomic E-state index is -0.359. The lowest BCUT2D eigenvalue weighted by Gasteiger charge is -2.19. The lowest BCUT2D eigenvalue weighted by atomic mass is 10.2. The summed E-state index contributed by atoms with van der Waals surface area (Å²) in [5.41, 5.74) is 1.69. The van der Waals surface area contributed by atoms with Gasteiger partial charge in [0.05, 0.1) is 25.7 Å². The zero-order chi connectivity index (χ0) is 24.7. The lowest BCUT2D eigenvalue weighted by Crippen LogP contribution is -2.17. The number of thioether (sulfide) groups is 1. The van der Waals surface area contributed by atoms with Crippen molar-refractivity contribution in [3.8, 4) is 17.2 Å². The number of methoxy groups -OCH3 is 2. The Bertz CT molecular complexity index is 1120. The van der Waals surface area contributed by atoms with Crippen LogP contribution in [0.1, 0.15) is 38.3 Å². The molecule has 182 valence electrons. The highest BCUT2D eigenvalue weighted by atomic mass is 32.2. The van der Waals surface area contributed by atoms with Gasteiger partial charge >= 0.3 is 0 Å². The van der Waals surface area contributed by atoms with E-state index in [2.05, 4.69) is 29.4 Å².